The lowest BCUT2D eigenvalue weighted by Crippen LogP contribution is -2.38. The van der Waals surface area contributed by atoms with Crippen molar-refractivity contribution < 1.29 is 5.11 Å². The van der Waals surface area contributed by atoms with Crippen molar-refractivity contribution in [3.05, 3.63) is 34.9 Å². The zero-order chi connectivity index (χ0) is 12.8. The molecule has 0 spiro atoms. The van der Waals surface area contributed by atoms with E-state index >= 15 is 0 Å². The Hall–Kier alpha value is -0.570. The predicted molar refractivity (Wildman–Crippen MR) is 75.8 cm³/mol. The van der Waals surface area contributed by atoms with E-state index in [4.69, 9.17) is 11.6 Å². The quantitative estimate of drug-likeness (QED) is 0.883. The van der Waals surface area contributed by atoms with Gasteiger partial charge in [0.05, 0.1) is 6.61 Å². The second-order valence-electron chi connectivity index (χ2n) is 5.08. The molecule has 18 heavy (non-hydrogen) atoms. The summed E-state index contributed by atoms with van der Waals surface area (Å²) in [5.41, 5.74) is 1.16. The van der Waals surface area contributed by atoms with Crippen molar-refractivity contribution in [2.75, 3.05) is 13.2 Å². The lowest BCUT2D eigenvalue weighted by molar-refractivity contribution is 0.117. The van der Waals surface area contributed by atoms with E-state index in [1.807, 2.05) is 18.2 Å². The van der Waals surface area contributed by atoms with E-state index in [-0.39, 0.29) is 6.61 Å². The molecule has 2 nitrogen and oxygen atoms in total. The van der Waals surface area contributed by atoms with Crippen LogP contribution in [0, 0.1) is 0 Å². The van der Waals surface area contributed by atoms with E-state index in [1.165, 1.54) is 32.1 Å². The highest BCUT2D eigenvalue weighted by Crippen LogP contribution is 2.25. The minimum absolute atomic E-state index is 0.223. The Kier molecular flexibility index (Phi) is 5.48. The molecule has 0 aromatic heterocycles. The van der Waals surface area contributed by atoms with Gasteiger partial charge in [0, 0.05) is 24.2 Å². The molecule has 3 heteroatoms. The summed E-state index contributed by atoms with van der Waals surface area (Å²) >= 11 is 6.22. The molecular weight excluding hydrogens is 246 g/mol. The van der Waals surface area contributed by atoms with E-state index < -0.39 is 0 Å². The van der Waals surface area contributed by atoms with Crippen molar-refractivity contribution in [1.29, 1.82) is 0 Å². The number of nitrogens with zero attached hydrogens (tertiary/aromatic N) is 1. The zero-order valence-electron chi connectivity index (χ0n) is 10.8. The van der Waals surface area contributed by atoms with Gasteiger partial charge in [-0.1, -0.05) is 49.1 Å². The van der Waals surface area contributed by atoms with E-state index in [2.05, 4.69) is 11.0 Å². The van der Waals surface area contributed by atoms with Gasteiger partial charge in [0.1, 0.15) is 0 Å². The summed E-state index contributed by atoms with van der Waals surface area (Å²) in [6.45, 7) is 1.82. The van der Waals surface area contributed by atoms with Gasteiger partial charge in [-0.05, 0) is 24.5 Å². The normalized spacial score (nSPS) is 17.3. The number of aliphatic hydroxyl groups excluding tert-OH is 1. The molecule has 0 aliphatic heterocycles. The molecule has 1 saturated carbocycles. The van der Waals surface area contributed by atoms with Crippen molar-refractivity contribution in [3.63, 3.8) is 0 Å². The van der Waals surface area contributed by atoms with E-state index in [9.17, 15) is 5.11 Å². The molecule has 0 radical (unpaired) electrons. The molecular formula is C15H22ClNO. The molecule has 0 amide bonds. The Balaban J connectivity index is 2.03. The molecule has 1 N–H and O–H groups in total. The third-order valence-electron chi connectivity index (χ3n) is 3.81. The molecule has 1 aliphatic carbocycles. The maximum atomic E-state index is 9.24. The monoisotopic (exact) mass is 267 g/mol. The first kappa shape index (κ1) is 13.9. The predicted octanol–water partition coefficient (Wildman–Crippen LogP) is 3.47. The number of rotatable bonds is 5. The fourth-order valence-electron chi connectivity index (χ4n) is 2.81. The Morgan fingerprint density at radius 1 is 1.17 bits per heavy atom. The Labute approximate surface area is 115 Å². The molecule has 1 aliphatic rings. The molecule has 0 heterocycles. The fourth-order valence-corrected chi connectivity index (χ4v) is 3.01. The number of hydrogen-bond acceptors (Lipinski definition) is 2. The standard InChI is InChI=1S/C15H22ClNO/c16-15-9-5-4-6-13(15)12-17(10-11-18)14-7-2-1-3-8-14/h4-6,9,14,18H,1-3,7-8,10-12H2. The SMILES string of the molecule is OCCN(Cc1ccccc1Cl)C1CCCCC1. The fraction of sp³-hybridized carbons (Fsp3) is 0.600. The minimum Gasteiger partial charge on any atom is -0.395 e. The average Bonchev–Trinajstić information content (AvgIpc) is 2.42. The van der Waals surface area contributed by atoms with Crippen LogP contribution in [0.3, 0.4) is 0 Å². The van der Waals surface area contributed by atoms with Crippen LogP contribution in [0.1, 0.15) is 37.7 Å². The van der Waals surface area contributed by atoms with E-state index in [0.29, 0.717) is 6.04 Å². The van der Waals surface area contributed by atoms with Gasteiger partial charge in [0.25, 0.3) is 0 Å². The lowest BCUT2D eigenvalue weighted by Gasteiger charge is -2.34. The van der Waals surface area contributed by atoms with Gasteiger partial charge in [-0.2, -0.15) is 0 Å². The summed E-state index contributed by atoms with van der Waals surface area (Å²) < 4.78 is 0. The third-order valence-corrected chi connectivity index (χ3v) is 4.18. The molecule has 1 aromatic rings. The van der Waals surface area contributed by atoms with Gasteiger partial charge >= 0.3 is 0 Å². The van der Waals surface area contributed by atoms with Crippen molar-refractivity contribution in [3.8, 4) is 0 Å². The second-order valence-corrected chi connectivity index (χ2v) is 5.48. The van der Waals surface area contributed by atoms with E-state index in [1.54, 1.807) is 0 Å². The smallest absolute Gasteiger partial charge is 0.0558 e. The lowest BCUT2D eigenvalue weighted by atomic mass is 9.94. The molecule has 0 saturated heterocycles. The highest BCUT2D eigenvalue weighted by atomic mass is 35.5. The highest BCUT2D eigenvalue weighted by molar-refractivity contribution is 6.31. The van der Waals surface area contributed by atoms with Gasteiger partial charge < -0.3 is 5.11 Å². The van der Waals surface area contributed by atoms with Crippen molar-refractivity contribution in [1.82, 2.24) is 4.90 Å². The van der Waals surface area contributed by atoms with Gasteiger partial charge in [-0.25, -0.2) is 0 Å². The molecule has 0 atom stereocenters. The highest BCUT2D eigenvalue weighted by Gasteiger charge is 2.21. The summed E-state index contributed by atoms with van der Waals surface area (Å²) in [5, 5.41) is 10.1. The summed E-state index contributed by atoms with van der Waals surface area (Å²) in [5.74, 6) is 0. The molecule has 0 unspecified atom stereocenters. The van der Waals surface area contributed by atoms with Crippen LogP contribution >= 0.6 is 11.6 Å². The Morgan fingerprint density at radius 3 is 2.56 bits per heavy atom. The third kappa shape index (κ3) is 3.71. The molecule has 1 fully saturated rings. The van der Waals surface area contributed by atoms with Crippen LogP contribution in [-0.2, 0) is 6.54 Å². The van der Waals surface area contributed by atoms with Gasteiger partial charge in [0.15, 0.2) is 0 Å². The molecule has 1 aromatic carbocycles. The van der Waals surface area contributed by atoms with Crippen molar-refractivity contribution in [2.45, 2.75) is 44.7 Å². The number of benzene rings is 1. The van der Waals surface area contributed by atoms with Gasteiger partial charge in [-0.3, -0.25) is 4.90 Å². The summed E-state index contributed by atoms with van der Waals surface area (Å²) in [6.07, 6.45) is 6.49. The maximum Gasteiger partial charge on any atom is 0.0558 e. The first-order valence-corrected chi connectivity index (χ1v) is 7.27. The zero-order valence-corrected chi connectivity index (χ0v) is 11.6. The molecule has 2 rings (SSSR count). The Bertz CT molecular complexity index is 363. The number of hydrogen-bond donors (Lipinski definition) is 1. The van der Waals surface area contributed by atoms with Crippen LogP contribution in [0.15, 0.2) is 24.3 Å². The summed E-state index contributed by atoms with van der Waals surface area (Å²) in [7, 11) is 0. The second kappa shape index (κ2) is 7.13. The first-order valence-electron chi connectivity index (χ1n) is 6.89. The summed E-state index contributed by atoms with van der Waals surface area (Å²) in [4.78, 5) is 2.39. The van der Waals surface area contributed by atoms with Crippen LogP contribution in [0.2, 0.25) is 5.02 Å². The van der Waals surface area contributed by atoms with Crippen LogP contribution < -0.4 is 0 Å². The van der Waals surface area contributed by atoms with Crippen LogP contribution in [0.4, 0.5) is 0 Å². The van der Waals surface area contributed by atoms with Crippen LogP contribution in [0.25, 0.3) is 0 Å². The van der Waals surface area contributed by atoms with E-state index in [0.717, 1.165) is 23.7 Å². The van der Waals surface area contributed by atoms with Crippen molar-refractivity contribution >= 4 is 11.6 Å². The number of aliphatic hydroxyl groups is 1. The topological polar surface area (TPSA) is 23.5 Å². The number of halogens is 1. The first-order chi connectivity index (χ1) is 8.81. The maximum absolute atomic E-state index is 9.24. The average molecular weight is 268 g/mol. The van der Waals surface area contributed by atoms with Crippen LogP contribution in [0.5, 0.6) is 0 Å². The minimum atomic E-state index is 0.223. The molecule has 0 bridgehead atoms. The van der Waals surface area contributed by atoms with Crippen LogP contribution in [-0.4, -0.2) is 29.2 Å². The largest absolute Gasteiger partial charge is 0.395 e. The molecule has 100 valence electrons. The van der Waals surface area contributed by atoms with Crippen molar-refractivity contribution in [2.24, 2.45) is 0 Å². The van der Waals surface area contributed by atoms with Gasteiger partial charge in [0.2, 0.25) is 0 Å². The Morgan fingerprint density at radius 2 is 1.89 bits per heavy atom. The summed E-state index contributed by atoms with van der Waals surface area (Å²) in [6, 6.07) is 8.62. The van der Waals surface area contributed by atoms with Gasteiger partial charge in [-0.15, -0.1) is 0 Å².